The van der Waals surface area contributed by atoms with Gasteiger partial charge in [-0.3, -0.25) is 0 Å². The van der Waals surface area contributed by atoms with Gasteiger partial charge in [-0.2, -0.15) is 13.2 Å². The zero-order chi connectivity index (χ0) is 17.3. The standard InChI is InChI=1S/C17H14F3NO2S/c18-17(19,20)12-3-1-2-10(8-12)11-4-5-13-14(23-16(21)22)6-7-24-15(13)9-11/h1-5,8-9,14H,6-7H2,(H2,21,22). The summed E-state index contributed by atoms with van der Waals surface area (Å²) in [6.45, 7) is 0. The van der Waals surface area contributed by atoms with Gasteiger partial charge in [-0.05, 0) is 35.7 Å². The Balaban J connectivity index is 1.96. The van der Waals surface area contributed by atoms with Crippen LogP contribution in [0.25, 0.3) is 11.1 Å². The zero-order valence-corrected chi connectivity index (χ0v) is 13.3. The second-order valence-corrected chi connectivity index (χ2v) is 6.53. The number of hydrogen-bond acceptors (Lipinski definition) is 3. The van der Waals surface area contributed by atoms with Gasteiger partial charge in [0.2, 0.25) is 0 Å². The fourth-order valence-corrected chi connectivity index (χ4v) is 3.80. The summed E-state index contributed by atoms with van der Waals surface area (Å²) in [5, 5.41) is 0. The van der Waals surface area contributed by atoms with Crippen LogP contribution in [0.4, 0.5) is 18.0 Å². The molecule has 0 fully saturated rings. The van der Waals surface area contributed by atoms with Gasteiger partial charge in [0.05, 0.1) is 5.56 Å². The number of carbonyl (C=O) groups excluding carboxylic acids is 1. The maximum atomic E-state index is 12.9. The van der Waals surface area contributed by atoms with E-state index in [1.54, 1.807) is 30.0 Å². The fourth-order valence-electron chi connectivity index (χ4n) is 2.67. The Morgan fingerprint density at radius 1 is 1.17 bits per heavy atom. The van der Waals surface area contributed by atoms with E-state index in [4.69, 9.17) is 10.5 Å². The zero-order valence-electron chi connectivity index (χ0n) is 12.5. The second-order valence-electron chi connectivity index (χ2n) is 5.39. The summed E-state index contributed by atoms with van der Waals surface area (Å²) in [5.41, 5.74) is 6.42. The molecule has 2 aromatic rings. The van der Waals surface area contributed by atoms with Crippen molar-refractivity contribution in [2.45, 2.75) is 23.6 Å². The highest BCUT2D eigenvalue weighted by Crippen LogP contribution is 2.40. The van der Waals surface area contributed by atoms with Crippen molar-refractivity contribution in [2.75, 3.05) is 5.75 Å². The average Bonchev–Trinajstić information content (AvgIpc) is 2.53. The Hall–Kier alpha value is -2.15. The lowest BCUT2D eigenvalue weighted by atomic mass is 9.99. The maximum absolute atomic E-state index is 12.9. The molecular formula is C17H14F3NO2S. The molecule has 1 unspecified atom stereocenters. The molecule has 0 bridgehead atoms. The molecular weight excluding hydrogens is 339 g/mol. The Morgan fingerprint density at radius 2 is 1.92 bits per heavy atom. The van der Waals surface area contributed by atoms with E-state index in [0.717, 1.165) is 28.3 Å². The highest BCUT2D eigenvalue weighted by molar-refractivity contribution is 7.99. The Bertz CT molecular complexity index is 777. The third-order valence-corrected chi connectivity index (χ3v) is 4.88. The molecule has 0 radical (unpaired) electrons. The molecule has 1 amide bonds. The predicted molar refractivity (Wildman–Crippen MR) is 85.6 cm³/mol. The van der Waals surface area contributed by atoms with Gasteiger partial charge < -0.3 is 10.5 Å². The molecule has 3 nitrogen and oxygen atoms in total. The molecule has 1 atom stereocenters. The van der Waals surface area contributed by atoms with Crippen molar-refractivity contribution >= 4 is 17.9 Å². The topological polar surface area (TPSA) is 52.3 Å². The van der Waals surface area contributed by atoms with Gasteiger partial charge in [0.15, 0.2) is 0 Å². The van der Waals surface area contributed by atoms with Gasteiger partial charge in [-0.25, -0.2) is 4.79 Å². The number of amides is 1. The Labute approximate surface area is 141 Å². The predicted octanol–water partition coefficient (Wildman–Crippen LogP) is 5.00. The number of nitrogens with two attached hydrogens (primary N) is 1. The molecule has 0 saturated carbocycles. The van der Waals surface area contributed by atoms with Gasteiger partial charge >= 0.3 is 12.3 Å². The molecule has 1 aliphatic heterocycles. The lowest BCUT2D eigenvalue weighted by Crippen LogP contribution is -2.20. The molecule has 0 aliphatic carbocycles. The van der Waals surface area contributed by atoms with E-state index >= 15 is 0 Å². The van der Waals surface area contributed by atoms with Gasteiger partial charge in [0.1, 0.15) is 6.10 Å². The van der Waals surface area contributed by atoms with E-state index in [-0.39, 0.29) is 0 Å². The molecule has 0 spiro atoms. The number of hydrogen-bond donors (Lipinski definition) is 1. The first-order valence-electron chi connectivity index (χ1n) is 7.25. The average molecular weight is 353 g/mol. The third kappa shape index (κ3) is 3.51. The van der Waals surface area contributed by atoms with Crippen molar-refractivity contribution in [1.29, 1.82) is 0 Å². The normalized spacial score (nSPS) is 17.2. The minimum atomic E-state index is -4.38. The highest BCUT2D eigenvalue weighted by atomic mass is 32.2. The van der Waals surface area contributed by atoms with Crippen molar-refractivity contribution in [3.05, 3.63) is 53.6 Å². The molecule has 0 aromatic heterocycles. The first-order chi connectivity index (χ1) is 11.3. The van der Waals surface area contributed by atoms with Crippen molar-refractivity contribution in [3.63, 3.8) is 0 Å². The lowest BCUT2D eigenvalue weighted by Gasteiger charge is -2.24. The summed E-state index contributed by atoms with van der Waals surface area (Å²) in [6, 6.07) is 10.6. The summed E-state index contributed by atoms with van der Waals surface area (Å²) in [7, 11) is 0. The molecule has 3 rings (SSSR count). The minimum Gasteiger partial charge on any atom is -0.441 e. The van der Waals surface area contributed by atoms with Crippen LogP contribution in [-0.2, 0) is 10.9 Å². The van der Waals surface area contributed by atoms with E-state index in [2.05, 4.69) is 0 Å². The molecule has 2 aromatic carbocycles. The number of alkyl halides is 3. The van der Waals surface area contributed by atoms with Crippen molar-refractivity contribution < 1.29 is 22.7 Å². The number of rotatable bonds is 2. The first-order valence-corrected chi connectivity index (χ1v) is 8.23. The molecule has 126 valence electrons. The van der Waals surface area contributed by atoms with Crippen LogP contribution in [0.15, 0.2) is 47.4 Å². The van der Waals surface area contributed by atoms with Gasteiger partial charge in [0.25, 0.3) is 0 Å². The quantitative estimate of drug-likeness (QED) is 0.826. The molecule has 7 heteroatoms. The summed E-state index contributed by atoms with van der Waals surface area (Å²) in [4.78, 5) is 11.9. The summed E-state index contributed by atoms with van der Waals surface area (Å²) in [6.07, 6.45) is -4.96. The monoisotopic (exact) mass is 353 g/mol. The summed E-state index contributed by atoms with van der Waals surface area (Å²) in [5.74, 6) is 0.747. The van der Waals surface area contributed by atoms with Crippen LogP contribution in [-0.4, -0.2) is 11.8 Å². The van der Waals surface area contributed by atoms with Crippen LogP contribution in [0.2, 0.25) is 0 Å². The lowest BCUT2D eigenvalue weighted by molar-refractivity contribution is -0.137. The largest absolute Gasteiger partial charge is 0.441 e. The Kier molecular flexibility index (Phi) is 4.45. The van der Waals surface area contributed by atoms with E-state index < -0.39 is 23.9 Å². The van der Waals surface area contributed by atoms with Crippen LogP contribution < -0.4 is 5.73 Å². The van der Waals surface area contributed by atoms with Gasteiger partial charge in [-0.15, -0.1) is 11.8 Å². The number of halogens is 3. The second kappa shape index (κ2) is 6.39. The van der Waals surface area contributed by atoms with Crippen molar-refractivity contribution in [3.8, 4) is 11.1 Å². The number of fused-ring (bicyclic) bond motifs is 1. The molecule has 1 heterocycles. The Morgan fingerprint density at radius 3 is 2.62 bits per heavy atom. The fraction of sp³-hybridized carbons (Fsp3) is 0.235. The van der Waals surface area contributed by atoms with Crippen LogP contribution >= 0.6 is 11.8 Å². The highest BCUT2D eigenvalue weighted by Gasteiger charge is 2.30. The molecule has 24 heavy (non-hydrogen) atoms. The smallest absolute Gasteiger partial charge is 0.416 e. The first kappa shape index (κ1) is 16.7. The van der Waals surface area contributed by atoms with Crippen LogP contribution in [0.1, 0.15) is 23.7 Å². The summed E-state index contributed by atoms with van der Waals surface area (Å²) >= 11 is 1.58. The van der Waals surface area contributed by atoms with Crippen LogP contribution in [0, 0.1) is 0 Å². The molecule has 0 saturated heterocycles. The molecule has 1 aliphatic rings. The van der Waals surface area contributed by atoms with Crippen molar-refractivity contribution in [2.24, 2.45) is 5.73 Å². The third-order valence-electron chi connectivity index (χ3n) is 3.78. The minimum absolute atomic E-state index is 0.408. The number of benzene rings is 2. The SMILES string of the molecule is NC(=O)OC1CCSc2cc(-c3cccc(C(F)(F)F)c3)ccc21. The van der Waals surface area contributed by atoms with Crippen LogP contribution in [0.5, 0.6) is 0 Å². The van der Waals surface area contributed by atoms with E-state index in [1.165, 1.54) is 6.07 Å². The number of ether oxygens (including phenoxy) is 1. The van der Waals surface area contributed by atoms with Gasteiger partial charge in [0, 0.05) is 16.2 Å². The van der Waals surface area contributed by atoms with Gasteiger partial charge in [-0.1, -0.05) is 24.3 Å². The number of carbonyl (C=O) groups is 1. The van der Waals surface area contributed by atoms with E-state index in [9.17, 15) is 18.0 Å². The maximum Gasteiger partial charge on any atom is 0.416 e. The van der Waals surface area contributed by atoms with Crippen molar-refractivity contribution in [1.82, 2.24) is 0 Å². The summed E-state index contributed by atoms with van der Waals surface area (Å²) < 4.78 is 43.7. The molecule has 2 N–H and O–H groups in total. The van der Waals surface area contributed by atoms with Crippen LogP contribution in [0.3, 0.4) is 0 Å². The number of thioether (sulfide) groups is 1. The van der Waals surface area contributed by atoms with E-state index in [0.29, 0.717) is 17.5 Å². The number of primary amides is 1. The van der Waals surface area contributed by atoms with E-state index in [1.807, 2.05) is 6.07 Å².